The fourth-order valence-electron chi connectivity index (χ4n) is 2.35. The van der Waals surface area contributed by atoms with Crippen molar-refractivity contribution in [1.82, 2.24) is 5.06 Å². The maximum atomic E-state index is 11.4. The van der Waals surface area contributed by atoms with Gasteiger partial charge in [-0.2, -0.15) is 5.06 Å². The average Bonchev–Trinajstić information content (AvgIpc) is 2.70. The molecule has 0 radical (unpaired) electrons. The lowest BCUT2D eigenvalue weighted by molar-refractivity contribution is -0.164. The number of halogens is 1. The number of methoxy groups -OCH3 is 1. The van der Waals surface area contributed by atoms with E-state index in [0.717, 1.165) is 11.5 Å². The van der Waals surface area contributed by atoms with E-state index < -0.39 is 6.04 Å². The fourth-order valence-corrected chi connectivity index (χ4v) is 2.35. The van der Waals surface area contributed by atoms with Crippen molar-refractivity contribution in [3.8, 4) is 0 Å². The smallest absolute Gasteiger partial charge is 0.325 e. The number of carbonyl (C=O) groups is 1. The first-order valence-corrected chi connectivity index (χ1v) is 5.78. The van der Waals surface area contributed by atoms with Crippen LogP contribution in [0.5, 0.6) is 0 Å². The van der Waals surface area contributed by atoms with Gasteiger partial charge in [-0.05, 0) is 24.3 Å². The Bertz CT molecular complexity index is 385. The first kappa shape index (κ1) is 15.0. The summed E-state index contributed by atoms with van der Waals surface area (Å²) in [6, 6.07) is 9.60. The van der Waals surface area contributed by atoms with E-state index in [4.69, 9.17) is 0 Å². The summed E-state index contributed by atoms with van der Waals surface area (Å²) in [6.07, 6.45) is 1.53. The molecule has 1 N–H and O–H groups in total. The van der Waals surface area contributed by atoms with Crippen LogP contribution in [0.15, 0.2) is 30.3 Å². The van der Waals surface area contributed by atoms with Crippen LogP contribution in [0.1, 0.15) is 12.0 Å². The van der Waals surface area contributed by atoms with Gasteiger partial charge >= 0.3 is 5.97 Å². The molecular formula is C13H18ClNO3. The largest absolute Gasteiger partial charge is 0.468 e. The second kappa shape index (κ2) is 6.73. The number of nitrogens with zero attached hydrogens (tertiary/aromatic N) is 1. The molecule has 0 spiro atoms. The van der Waals surface area contributed by atoms with Gasteiger partial charge in [-0.15, -0.1) is 12.4 Å². The van der Waals surface area contributed by atoms with Gasteiger partial charge in [0, 0.05) is 6.54 Å². The van der Waals surface area contributed by atoms with Gasteiger partial charge in [0.1, 0.15) is 6.04 Å². The van der Waals surface area contributed by atoms with E-state index in [9.17, 15) is 10.0 Å². The van der Waals surface area contributed by atoms with E-state index >= 15 is 0 Å². The van der Waals surface area contributed by atoms with E-state index in [1.165, 1.54) is 12.7 Å². The lowest BCUT2D eigenvalue weighted by Crippen LogP contribution is -2.34. The van der Waals surface area contributed by atoms with Crippen molar-refractivity contribution in [3.05, 3.63) is 35.9 Å². The number of carbonyl (C=O) groups excluding carboxylic acids is 1. The standard InChI is InChI=1S/C13H17NO3.ClH/c1-17-13(15)12-8-11(9-14(12)16)7-10-5-3-2-4-6-10;/h2-6,11-12,16H,7-9H2,1H3;1H. The van der Waals surface area contributed by atoms with Crippen LogP contribution < -0.4 is 0 Å². The number of esters is 1. The molecule has 1 aromatic carbocycles. The molecule has 100 valence electrons. The quantitative estimate of drug-likeness (QED) is 0.853. The van der Waals surface area contributed by atoms with Gasteiger partial charge in [0.2, 0.25) is 0 Å². The van der Waals surface area contributed by atoms with E-state index in [1.54, 1.807) is 0 Å². The Kier molecular flexibility index (Phi) is 5.59. The normalized spacial score (nSPS) is 23.4. The van der Waals surface area contributed by atoms with Gasteiger partial charge < -0.3 is 9.94 Å². The zero-order valence-electron chi connectivity index (χ0n) is 10.3. The number of hydrogen-bond acceptors (Lipinski definition) is 4. The minimum Gasteiger partial charge on any atom is -0.468 e. The van der Waals surface area contributed by atoms with E-state index in [2.05, 4.69) is 16.9 Å². The molecule has 18 heavy (non-hydrogen) atoms. The lowest BCUT2D eigenvalue weighted by atomic mass is 9.97. The third-order valence-electron chi connectivity index (χ3n) is 3.20. The summed E-state index contributed by atoms with van der Waals surface area (Å²) in [4.78, 5) is 11.4. The number of hydrogen-bond donors (Lipinski definition) is 1. The summed E-state index contributed by atoms with van der Waals surface area (Å²) in [6.45, 7) is 0.522. The maximum absolute atomic E-state index is 11.4. The van der Waals surface area contributed by atoms with Crippen LogP contribution in [0.4, 0.5) is 0 Å². The van der Waals surface area contributed by atoms with Crippen molar-refractivity contribution >= 4 is 18.4 Å². The molecule has 0 aromatic heterocycles. The van der Waals surface area contributed by atoms with Crippen LogP contribution in [0.25, 0.3) is 0 Å². The summed E-state index contributed by atoms with van der Waals surface area (Å²) >= 11 is 0. The molecule has 1 fully saturated rings. The highest BCUT2D eigenvalue weighted by Gasteiger charge is 2.36. The molecule has 1 aromatic rings. The van der Waals surface area contributed by atoms with Crippen LogP contribution in [0.2, 0.25) is 0 Å². The molecule has 0 amide bonds. The molecule has 0 aliphatic carbocycles. The van der Waals surface area contributed by atoms with E-state index in [0.29, 0.717) is 18.9 Å². The minimum absolute atomic E-state index is 0. The number of rotatable bonds is 3. The summed E-state index contributed by atoms with van der Waals surface area (Å²) in [5, 5.41) is 10.8. The van der Waals surface area contributed by atoms with Crippen molar-refractivity contribution in [1.29, 1.82) is 0 Å². The predicted octanol–water partition coefficient (Wildman–Crippen LogP) is 1.90. The van der Waals surface area contributed by atoms with Crippen LogP contribution in [-0.2, 0) is 16.0 Å². The molecule has 1 aliphatic heterocycles. The monoisotopic (exact) mass is 271 g/mol. The molecule has 1 saturated heterocycles. The lowest BCUT2D eigenvalue weighted by Gasteiger charge is -2.13. The molecule has 2 rings (SSSR count). The summed E-state index contributed by atoms with van der Waals surface area (Å²) in [5.41, 5.74) is 1.23. The van der Waals surface area contributed by atoms with Gasteiger partial charge in [0.15, 0.2) is 0 Å². The zero-order valence-corrected chi connectivity index (χ0v) is 11.1. The Morgan fingerprint density at radius 1 is 1.44 bits per heavy atom. The number of ether oxygens (including phenoxy) is 1. The Labute approximate surface area is 113 Å². The summed E-state index contributed by atoms with van der Waals surface area (Å²) in [5.74, 6) is -0.0606. The molecule has 4 nitrogen and oxygen atoms in total. The third-order valence-corrected chi connectivity index (χ3v) is 3.20. The number of hydroxylamine groups is 2. The van der Waals surface area contributed by atoms with Crippen LogP contribution in [0, 0.1) is 5.92 Å². The second-order valence-electron chi connectivity index (χ2n) is 4.45. The molecule has 5 heteroatoms. The van der Waals surface area contributed by atoms with Crippen LogP contribution in [-0.4, -0.2) is 35.9 Å². The summed E-state index contributed by atoms with van der Waals surface area (Å²) in [7, 11) is 1.35. The zero-order chi connectivity index (χ0) is 12.3. The third kappa shape index (κ3) is 3.45. The van der Waals surface area contributed by atoms with Crippen LogP contribution >= 0.6 is 12.4 Å². The van der Waals surface area contributed by atoms with Crippen molar-refractivity contribution in [2.24, 2.45) is 5.92 Å². The summed E-state index contributed by atoms with van der Waals surface area (Å²) < 4.78 is 4.66. The molecule has 0 saturated carbocycles. The highest BCUT2D eigenvalue weighted by Crippen LogP contribution is 2.25. The van der Waals surface area contributed by atoms with Gasteiger partial charge in [0.05, 0.1) is 7.11 Å². The first-order chi connectivity index (χ1) is 8.20. The molecule has 0 bridgehead atoms. The minimum atomic E-state index is -0.506. The van der Waals surface area contributed by atoms with Crippen molar-refractivity contribution in [3.63, 3.8) is 0 Å². The molecule has 2 atom stereocenters. The van der Waals surface area contributed by atoms with Gasteiger partial charge in [-0.25, -0.2) is 0 Å². The highest BCUT2D eigenvalue weighted by molar-refractivity contribution is 5.85. The van der Waals surface area contributed by atoms with Gasteiger partial charge in [0.25, 0.3) is 0 Å². The Morgan fingerprint density at radius 3 is 2.72 bits per heavy atom. The molecule has 1 heterocycles. The Hall–Kier alpha value is -1.10. The van der Waals surface area contributed by atoms with Gasteiger partial charge in [-0.3, -0.25) is 4.79 Å². The van der Waals surface area contributed by atoms with Gasteiger partial charge in [-0.1, -0.05) is 30.3 Å². The Balaban J connectivity index is 0.00000162. The van der Waals surface area contributed by atoms with Crippen molar-refractivity contribution < 1.29 is 14.7 Å². The molecular weight excluding hydrogens is 254 g/mol. The van der Waals surface area contributed by atoms with E-state index in [1.807, 2.05) is 18.2 Å². The maximum Gasteiger partial charge on any atom is 0.325 e. The molecule has 2 unspecified atom stereocenters. The second-order valence-corrected chi connectivity index (χ2v) is 4.45. The Morgan fingerprint density at radius 2 is 2.11 bits per heavy atom. The van der Waals surface area contributed by atoms with Crippen molar-refractivity contribution in [2.45, 2.75) is 18.9 Å². The molecule has 1 aliphatic rings. The highest BCUT2D eigenvalue weighted by atomic mass is 35.5. The van der Waals surface area contributed by atoms with Crippen LogP contribution in [0.3, 0.4) is 0 Å². The average molecular weight is 272 g/mol. The number of benzene rings is 1. The van der Waals surface area contributed by atoms with E-state index in [-0.39, 0.29) is 18.4 Å². The first-order valence-electron chi connectivity index (χ1n) is 5.78. The topological polar surface area (TPSA) is 49.8 Å². The SMILES string of the molecule is COC(=O)C1CC(Cc2ccccc2)CN1O.Cl. The fraction of sp³-hybridized carbons (Fsp3) is 0.462. The predicted molar refractivity (Wildman–Crippen MR) is 69.8 cm³/mol. The van der Waals surface area contributed by atoms with Crippen molar-refractivity contribution in [2.75, 3.05) is 13.7 Å².